The van der Waals surface area contributed by atoms with E-state index in [1.54, 1.807) is 36.7 Å². The summed E-state index contributed by atoms with van der Waals surface area (Å²) in [5.41, 5.74) is 3.79. The Morgan fingerprint density at radius 3 is 2.66 bits per heavy atom. The highest BCUT2D eigenvalue weighted by Gasteiger charge is 2.18. The number of amides is 1. The first kappa shape index (κ1) is 19.6. The van der Waals surface area contributed by atoms with Crippen LogP contribution >= 0.6 is 0 Å². The van der Waals surface area contributed by atoms with Crippen molar-refractivity contribution in [2.45, 2.75) is 6.54 Å². The number of nitrogens with zero attached hydrogens (tertiary/aromatic N) is 2. The van der Waals surface area contributed by atoms with Gasteiger partial charge in [-0.25, -0.2) is 4.98 Å². The van der Waals surface area contributed by atoms with Crippen LogP contribution in [0, 0.1) is 0 Å². The van der Waals surface area contributed by atoms with E-state index in [1.165, 1.54) is 0 Å². The fourth-order valence-electron chi connectivity index (χ4n) is 3.41. The molecule has 2 aromatic carbocycles. The molecule has 0 unspecified atom stereocenters. The smallest absolute Gasteiger partial charge is 0.259 e. The van der Waals surface area contributed by atoms with E-state index in [2.05, 4.69) is 15.6 Å². The van der Waals surface area contributed by atoms with Gasteiger partial charge in [0.2, 0.25) is 6.79 Å². The van der Waals surface area contributed by atoms with Gasteiger partial charge in [0.05, 0.1) is 11.3 Å². The van der Waals surface area contributed by atoms with Gasteiger partial charge < -0.3 is 20.1 Å². The largest absolute Gasteiger partial charge is 0.454 e. The monoisotopic (exact) mass is 424 g/mol. The summed E-state index contributed by atoms with van der Waals surface area (Å²) in [7, 11) is 0. The van der Waals surface area contributed by atoms with Gasteiger partial charge in [0.25, 0.3) is 5.91 Å². The van der Waals surface area contributed by atoms with Gasteiger partial charge in [0.1, 0.15) is 5.82 Å². The van der Waals surface area contributed by atoms with Crippen molar-refractivity contribution in [3.63, 3.8) is 0 Å². The van der Waals surface area contributed by atoms with Crippen molar-refractivity contribution < 1.29 is 14.3 Å². The van der Waals surface area contributed by atoms with Crippen LogP contribution < -0.4 is 20.1 Å². The Hall–Kier alpha value is -4.39. The van der Waals surface area contributed by atoms with Crippen LogP contribution in [0.25, 0.3) is 11.3 Å². The maximum absolute atomic E-state index is 13.1. The Kier molecular flexibility index (Phi) is 5.36. The van der Waals surface area contributed by atoms with E-state index in [0.717, 1.165) is 16.8 Å². The summed E-state index contributed by atoms with van der Waals surface area (Å²) in [5.74, 6) is 1.49. The van der Waals surface area contributed by atoms with Crippen LogP contribution in [-0.4, -0.2) is 22.7 Å². The van der Waals surface area contributed by atoms with Crippen molar-refractivity contribution in [2.75, 3.05) is 17.4 Å². The summed E-state index contributed by atoms with van der Waals surface area (Å²) in [4.78, 5) is 22.0. The number of rotatable bonds is 6. The average molecular weight is 424 g/mol. The van der Waals surface area contributed by atoms with Crippen LogP contribution in [0.5, 0.6) is 11.5 Å². The molecular weight excluding hydrogens is 404 g/mol. The third kappa shape index (κ3) is 4.22. The van der Waals surface area contributed by atoms with Gasteiger partial charge >= 0.3 is 0 Å². The van der Waals surface area contributed by atoms with Crippen LogP contribution in [0.1, 0.15) is 15.9 Å². The molecule has 7 nitrogen and oxygen atoms in total. The van der Waals surface area contributed by atoms with E-state index in [0.29, 0.717) is 35.1 Å². The van der Waals surface area contributed by atoms with Gasteiger partial charge in [-0.2, -0.15) is 0 Å². The normalized spacial score (nSPS) is 11.8. The molecule has 4 aromatic rings. The minimum absolute atomic E-state index is 0.181. The van der Waals surface area contributed by atoms with E-state index in [9.17, 15) is 4.79 Å². The average Bonchev–Trinajstić information content (AvgIpc) is 3.32. The number of fused-ring (bicyclic) bond motifs is 1. The molecule has 0 fully saturated rings. The first-order chi connectivity index (χ1) is 15.8. The molecule has 0 bridgehead atoms. The summed E-state index contributed by atoms with van der Waals surface area (Å²) < 4.78 is 10.7. The molecular formula is C25H20N4O3. The van der Waals surface area contributed by atoms with Gasteiger partial charge in [-0.3, -0.25) is 9.78 Å². The van der Waals surface area contributed by atoms with Crippen molar-refractivity contribution in [3.05, 3.63) is 96.3 Å². The molecule has 2 N–H and O–H groups in total. The molecule has 1 amide bonds. The molecule has 0 spiro atoms. The van der Waals surface area contributed by atoms with Crippen molar-refractivity contribution in [3.8, 4) is 22.8 Å². The third-order valence-electron chi connectivity index (χ3n) is 5.02. The second kappa shape index (κ2) is 8.77. The Morgan fingerprint density at radius 2 is 1.81 bits per heavy atom. The van der Waals surface area contributed by atoms with Crippen LogP contribution in [0.4, 0.5) is 11.5 Å². The second-order valence-corrected chi connectivity index (χ2v) is 7.20. The third-order valence-corrected chi connectivity index (χ3v) is 5.02. The number of carbonyl (C=O) groups excluding carboxylic acids is 1. The molecule has 0 atom stereocenters. The van der Waals surface area contributed by atoms with Crippen LogP contribution in [0.2, 0.25) is 0 Å². The van der Waals surface area contributed by atoms with Crippen molar-refractivity contribution in [2.24, 2.45) is 0 Å². The fourth-order valence-corrected chi connectivity index (χ4v) is 3.41. The first-order valence-electron chi connectivity index (χ1n) is 10.2. The van der Waals surface area contributed by atoms with E-state index in [-0.39, 0.29) is 12.7 Å². The van der Waals surface area contributed by atoms with Gasteiger partial charge in [-0.1, -0.05) is 36.4 Å². The standard InChI is InChI=1S/C25H20N4O3/c30-25(28-19-8-11-22-23(13-19)32-16-31-22)20-9-10-21(18-6-2-1-3-7-18)29-24(20)27-15-17-5-4-12-26-14-17/h1-14H,15-16H2,(H,27,29)(H,28,30). The molecule has 0 radical (unpaired) electrons. The Bertz CT molecular complexity index is 1250. The molecule has 0 saturated heterocycles. The maximum Gasteiger partial charge on any atom is 0.259 e. The zero-order valence-corrected chi connectivity index (χ0v) is 17.1. The number of carbonyl (C=O) groups is 1. The lowest BCUT2D eigenvalue weighted by atomic mass is 10.1. The highest BCUT2D eigenvalue weighted by atomic mass is 16.7. The molecule has 1 aliphatic heterocycles. The number of benzene rings is 2. The number of anilines is 2. The number of hydrogen-bond donors (Lipinski definition) is 2. The highest BCUT2D eigenvalue weighted by Crippen LogP contribution is 2.34. The molecule has 0 aliphatic carbocycles. The maximum atomic E-state index is 13.1. The van der Waals surface area contributed by atoms with Crippen LogP contribution in [-0.2, 0) is 6.54 Å². The zero-order chi connectivity index (χ0) is 21.8. The van der Waals surface area contributed by atoms with E-state index < -0.39 is 0 Å². The minimum Gasteiger partial charge on any atom is -0.454 e. The number of nitrogens with one attached hydrogen (secondary N) is 2. The summed E-state index contributed by atoms with van der Waals surface area (Å²) in [6.07, 6.45) is 3.50. The zero-order valence-electron chi connectivity index (χ0n) is 17.1. The Balaban J connectivity index is 1.43. The lowest BCUT2D eigenvalue weighted by molar-refractivity contribution is 0.102. The Labute approximate surface area is 185 Å². The molecule has 32 heavy (non-hydrogen) atoms. The minimum atomic E-state index is -0.273. The van der Waals surface area contributed by atoms with E-state index in [4.69, 9.17) is 14.5 Å². The van der Waals surface area contributed by atoms with Crippen LogP contribution in [0.3, 0.4) is 0 Å². The number of ether oxygens (including phenoxy) is 2. The topological polar surface area (TPSA) is 85.4 Å². The molecule has 7 heteroatoms. The quantitative estimate of drug-likeness (QED) is 0.465. The first-order valence-corrected chi connectivity index (χ1v) is 10.2. The van der Waals surface area contributed by atoms with Gasteiger partial charge in [-0.15, -0.1) is 0 Å². The summed E-state index contributed by atoms with van der Waals surface area (Å²) >= 11 is 0. The number of pyridine rings is 2. The second-order valence-electron chi connectivity index (χ2n) is 7.20. The van der Waals surface area contributed by atoms with Gasteiger partial charge in [-0.05, 0) is 35.9 Å². The number of aromatic nitrogens is 2. The predicted octanol–water partition coefficient (Wildman–Crippen LogP) is 4.74. The summed E-state index contributed by atoms with van der Waals surface area (Å²) in [6.45, 7) is 0.670. The van der Waals surface area contributed by atoms with Gasteiger partial charge in [0, 0.05) is 36.3 Å². The van der Waals surface area contributed by atoms with Gasteiger partial charge in [0.15, 0.2) is 11.5 Å². The summed E-state index contributed by atoms with van der Waals surface area (Å²) in [5, 5.41) is 6.21. The van der Waals surface area contributed by atoms with E-state index >= 15 is 0 Å². The molecule has 2 aromatic heterocycles. The molecule has 3 heterocycles. The lowest BCUT2D eigenvalue weighted by Crippen LogP contribution is -2.16. The highest BCUT2D eigenvalue weighted by molar-refractivity contribution is 6.07. The predicted molar refractivity (Wildman–Crippen MR) is 122 cm³/mol. The van der Waals surface area contributed by atoms with Crippen molar-refractivity contribution in [1.82, 2.24) is 9.97 Å². The molecule has 5 rings (SSSR count). The van der Waals surface area contributed by atoms with Crippen molar-refractivity contribution >= 4 is 17.4 Å². The number of hydrogen-bond acceptors (Lipinski definition) is 6. The molecule has 158 valence electrons. The summed E-state index contributed by atoms with van der Waals surface area (Å²) in [6, 6.07) is 22.6. The molecule has 1 aliphatic rings. The SMILES string of the molecule is O=C(Nc1ccc2c(c1)OCO2)c1ccc(-c2ccccc2)nc1NCc1cccnc1. The molecule has 0 saturated carbocycles. The fraction of sp³-hybridized carbons (Fsp3) is 0.0800. The van der Waals surface area contributed by atoms with E-state index in [1.807, 2.05) is 48.5 Å². The van der Waals surface area contributed by atoms with Crippen molar-refractivity contribution in [1.29, 1.82) is 0 Å². The van der Waals surface area contributed by atoms with Crippen LogP contribution in [0.15, 0.2) is 85.2 Å². The Morgan fingerprint density at radius 1 is 0.938 bits per heavy atom. The lowest BCUT2D eigenvalue weighted by Gasteiger charge is -2.14.